The summed E-state index contributed by atoms with van der Waals surface area (Å²) in [6, 6.07) is 0. The zero-order valence-electron chi connectivity index (χ0n) is 6.00. The van der Waals surface area contributed by atoms with Gasteiger partial charge in [-0.3, -0.25) is 4.79 Å². The van der Waals surface area contributed by atoms with Crippen LogP contribution < -0.4 is 0 Å². The SMILES string of the molecule is CSCC(=O)N1CCSC1. The van der Waals surface area contributed by atoms with Crippen molar-refractivity contribution in [1.82, 2.24) is 4.90 Å². The zero-order chi connectivity index (χ0) is 7.40. The molecule has 1 amide bonds. The lowest BCUT2D eigenvalue weighted by Crippen LogP contribution is -2.29. The average molecular weight is 177 g/mol. The van der Waals surface area contributed by atoms with Crippen molar-refractivity contribution in [2.75, 3.05) is 30.2 Å². The van der Waals surface area contributed by atoms with E-state index in [0.717, 1.165) is 18.2 Å². The molecule has 0 aliphatic carbocycles. The van der Waals surface area contributed by atoms with E-state index >= 15 is 0 Å². The van der Waals surface area contributed by atoms with Gasteiger partial charge in [0.05, 0.1) is 11.6 Å². The molecule has 4 heteroatoms. The van der Waals surface area contributed by atoms with E-state index in [0.29, 0.717) is 5.75 Å². The smallest absolute Gasteiger partial charge is 0.233 e. The van der Waals surface area contributed by atoms with E-state index in [2.05, 4.69) is 0 Å². The van der Waals surface area contributed by atoms with Gasteiger partial charge < -0.3 is 4.90 Å². The van der Waals surface area contributed by atoms with Crippen LogP contribution in [0.15, 0.2) is 0 Å². The highest BCUT2D eigenvalue weighted by molar-refractivity contribution is 7.99. The summed E-state index contributed by atoms with van der Waals surface area (Å²) in [7, 11) is 0. The second-order valence-corrected chi connectivity index (χ2v) is 4.07. The Morgan fingerprint density at radius 2 is 2.60 bits per heavy atom. The molecule has 58 valence electrons. The van der Waals surface area contributed by atoms with E-state index in [4.69, 9.17) is 0 Å². The Morgan fingerprint density at radius 1 is 1.80 bits per heavy atom. The molecule has 0 unspecified atom stereocenters. The molecular formula is C6H11NOS2. The van der Waals surface area contributed by atoms with Crippen LogP contribution in [0.3, 0.4) is 0 Å². The number of carbonyl (C=O) groups is 1. The number of hydrogen-bond donors (Lipinski definition) is 0. The molecule has 0 aromatic rings. The van der Waals surface area contributed by atoms with Gasteiger partial charge in [0.25, 0.3) is 0 Å². The number of amides is 1. The fraction of sp³-hybridized carbons (Fsp3) is 0.833. The molecule has 0 saturated carbocycles. The van der Waals surface area contributed by atoms with Crippen molar-refractivity contribution in [3.05, 3.63) is 0 Å². The number of nitrogens with zero attached hydrogens (tertiary/aromatic N) is 1. The quantitative estimate of drug-likeness (QED) is 0.624. The Bertz CT molecular complexity index is 123. The van der Waals surface area contributed by atoms with Crippen molar-refractivity contribution >= 4 is 29.4 Å². The average Bonchev–Trinajstić information content (AvgIpc) is 2.38. The van der Waals surface area contributed by atoms with Gasteiger partial charge in [0, 0.05) is 12.3 Å². The summed E-state index contributed by atoms with van der Waals surface area (Å²) >= 11 is 3.43. The van der Waals surface area contributed by atoms with Gasteiger partial charge in [-0.05, 0) is 6.26 Å². The zero-order valence-corrected chi connectivity index (χ0v) is 7.63. The highest BCUT2D eigenvalue weighted by Crippen LogP contribution is 2.13. The van der Waals surface area contributed by atoms with E-state index < -0.39 is 0 Å². The van der Waals surface area contributed by atoms with Crippen molar-refractivity contribution in [3.63, 3.8) is 0 Å². The lowest BCUT2D eigenvalue weighted by Gasteiger charge is -2.12. The molecule has 0 atom stereocenters. The minimum Gasteiger partial charge on any atom is -0.332 e. The third-order valence-corrected chi connectivity index (χ3v) is 2.87. The maximum atomic E-state index is 11.1. The molecule has 0 N–H and O–H groups in total. The molecule has 0 aromatic heterocycles. The molecule has 1 aliphatic rings. The lowest BCUT2D eigenvalue weighted by atomic mass is 10.5. The maximum absolute atomic E-state index is 11.1. The van der Waals surface area contributed by atoms with Crippen LogP contribution in [-0.2, 0) is 4.79 Å². The van der Waals surface area contributed by atoms with Crippen LogP contribution in [0.2, 0.25) is 0 Å². The largest absolute Gasteiger partial charge is 0.332 e. The minimum atomic E-state index is 0.289. The Morgan fingerprint density at radius 3 is 3.10 bits per heavy atom. The fourth-order valence-electron chi connectivity index (χ4n) is 0.825. The van der Waals surface area contributed by atoms with Crippen molar-refractivity contribution in [2.24, 2.45) is 0 Å². The summed E-state index contributed by atoms with van der Waals surface area (Å²) in [5.41, 5.74) is 0. The van der Waals surface area contributed by atoms with E-state index in [1.54, 1.807) is 11.8 Å². The van der Waals surface area contributed by atoms with Crippen molar-refractivity contribution in [2.45, 2.75) is 0 Å². The van der Waals surface area contributed by atoms with Crippen LogP contribution in [0.1, 0.15) is 0 Å². The number of thioether (sulfide) groups is 2. The Hall–Kier alpha value is 0.170. The van der Waals surface area contributed by atoms with Crippen LogP contribution >= 0.6 is 23.5 Å². The van der Waals surface area contributed by atoms with E-state index in [-0.39, 0.29) is 5.91 Å². The summed E-state index contributed by atoms with van der Waals surface area (Å²) < 4.78 is 0. The molecular weight excluding hydrogens is 166 g/mol. The van der Waals surface area contributed by atoms with Crippen molar-refractivity contribution in [1.29, 1.82) is 0 Å². The third kappa shape index (κ3) is 2.09. The topological polar surface area (TPSA) is 20.3 Å². The van der Waals surface area contributed by atoms with Crippen LogP contribution in [0, 0.1) is 0 Å². The molecule has 1 heterocycles. The molecule has 10 heavy (non-hydrogen) atoms. The first kappa shape index (κ1) is 8.27. The van der Waals surface area contributed by atoms with Gasteiger partial charge in [-0.15, -0.1) is 11.8 Å². The summed E-state index contributed by atoms with van der Waals surface area (Å²) in [6.45, 7) is 0.948. The fourth-order valence-corrected chi connectivity index (χ4v) is 2.23. The third-order valence-electron chi connectivity index (χ3n) is 1.37. The van der Waals surface area contributed by atoms with Gasteiger partial charge in [0.2, 0.25) is 5.91 Å². The van der Waals surface area contributed by atoms with Crippen molar-refractivity contribution in [3.8, 4) is 0 Å². The van der Waals surface area contributed by atoms with Gasteiger partial charge in [-0.2, -0.15) is 11.8 Å². The van der Waals surface area contributed by atoms with Crippen molar-refractivity contribution < 1.29 is 4.79 Å². The van der Waals surface area contributed by atoms with Gasteiger partial charge in [0.1, 0.15) is 0 Å². The molecule has 1 saturated heterocycles. The number of hydrogen-bond acceptors (Lipinski definition) is 3. The second kappa shape index (κ2) is 4.13. The van der Waals surface area contributed by atoms with Gasteiger partial charge in [-0.1, -0.05) is 0 Å². The second-order valence-electron chi connectivity index (χ2n) is 2.13. The van der Waals surface area contributed by atoms with Crippen LogP contribution in [-0.4, -0.2) is 41.0 Å². The predicted octanol–water partition coefficient (Wildman–Crippen LogP) is 0.882. The molecule has 1 fully saturated rings. The van der Waals surface area contributed by atoms with E-state index in [1.807, 2.05) is 22.9 Å². The van der Waals surface area contributed by atoms with Crippen LogP contribution in [0.5, 0.6) is 0 Å². The molecule has 0 radical (unpaired) electrons. The standard InChI is InChI=1S/C6H11NOS2/c1-9-4-6(8)7-2-3-10-5-7/h2-5H2,1H3. The first-order valence-corrected chi connectivity index (χ1v) is 5.74. The maximum Gasteiger partial charge on any atom is 0.233 e. The van der Waals surface area contributed by atoms with E-state index in [9.17, 15) is 4.79 Å². The van der Waals surface area contributed by atoms with Crippen LogP contribution in [0.4, 0.5) is 0 Å². The van der Waals surface area contributed by atoms with E-state index in [1.165, 1.54) is 0 Å². The molecule has 0 bridgehead atoms. The summed E-state index contributed by atoms with van der Waals surface area (Å²) in [5.74, 6) is 2.94. The summed E-state index contributed by atoms with van der Waals surface area (Å²) in [4.78, 5) is 13.1. The lowest BCUT2D eigenvalue weighted by molar-refractivity contribution is -0.126. The van der Waals surface area contributed by atoms with Gasteiger partial charge in [-0.25, -0.2) is 0 Å². The molecule has 1 rings (SSSR count). The molecule has 0 spiro atoms. The predicted molar refractivity (Wildman–Crippen MR) is 47.4 cm³/mol. The van der Waals surface area contributed by atoms with Gasteiger partial charge in [0.15, 0.2) is 0 Å². The first-order valence-electron chi connectivity index (χ1n) is 3.19. The Kier molecular flexibility index (Phi) is 3.42. The highest BCUT2D eigenvalue weighted by atomic mass is 32.2. The Labute approximate surface area is 69.7 Å². The Balaban J connectivity index is 2.25. The minimum absolute atomic E-state index is 0.289. The van der Waals surface area contributed by atoms with Gasteiger partial charge >= 0.3 is 0 Å². The first-order chi connectivity index (χ1) is 4.84. The summed E-state index contributed by atoms with van der Waals surface area (Å²) in [5, 5.41) is 0. The number of carbonyl (C=O) groups excluding carboxylic acids is 1. The summed E-state index contributed by atoms with van der Waals surface area (Å²) in [6.07, 6.45) is 1.96. The van der Waals surface area contributed by atoms with Crippen LogP contribution in [0.25, 0.3) is 0 Å². The monoisotopic (exact) mass is 177 g/mol. The molecule has 0 aromatic carbocycles. The highest BCUT2D eigenvalue weighted by Gasteiger charge is 2.16. The molecule has 2 nitrogen and oxygen atoms in total. The number of rotatable bonds is 2. The molecule has 1 aliphatic heterocycles. The normalized spacial score (nSPS) is 17.9.